The average Bonchev–Trinajstić information content (AvgIpc) is 2.92. The Bertz CT molecular complexity index is 688. The Hall–Kier alpha value is -2.21. The van der Waals surface area contributed by atoms with E-state index < -0.39 is 6.04 Å². The molecule has 1 aromatic rings. The van der Waals surface area contributed by atoms with Gasteiger partial charge in [-0.25, -0.2) is 0 Å². The molecular weight excluding hydrogens is 342 g/mol. The van der Waals surface area contributed by atoms with Crippen LogP contribution in [0.2, 0.25) is 0 Å². The van der Waals surface area contributed by atoms with Gasteiger partial charge >= 0.3 is 0 Å². The number of hydrogen-bond acceptors (Lipinski definition) is 4. The van der Waals surface area contributed by atoms with Crippen molar-refractivity contribution in [3.05, 3.63) is 35.4 Å². The highest BCUT2D eigenvalue weighted by molar-refractivity contribution is 6.22. The molecular formula is C21H29N3O3. The molecule has 1 fully saturated rings. The van der Waals surface area contributed by atoms with Gasteiger partial charge in [-0.15, -0.1) is 0 Å². The topological polar surface area (TPSA) is 69.7 Å². The van der Waals surface area contributed by atoms with E-state index in [1.165, 1.54) is 4.90 Å². The molecule has 1 unspecified atom stereocenters. The van der Waals surface area contributed by atoms with Crippen LogP contribution in [0.3, 0.4) is 0 Å². The SMILES string of the molecule is CCNCC1CCN(C(=O)C(C(C)C)N2C(=O)c3ccccc3C2=O)CC1. The second-order valence-corrected chi connectivity index (χ2v) is 7.79. The molecule has 6 nitrogen and oxygen atoms in total. The molecule has 0 bridgehead atoms. The number of hydrogen-bond donors (Lipinski definition) is 1. The van der Waals surface area contributed by atoms with E-state index >= 15 is 0 Å². The summed E-state index contributed by atoms with van der Waals surface area (Å²) in [6, 6.07) is 6.06. The number of nitrogens with one attached hydrogen (secondary N) is 1. The van der Waals surface area contributed by atoms with Crippen LogP contribution in [0.15, 0.2) is 24.3 Å². The van der Waals surface area contributed by atoms with Crippen molar-refractivity contribution in [1.29, 1.82) is 0 Å². The summed E-state index contributed by atoms with van der Waals surface area (Å²) in [5, 5.41) is 3.37. The summed E-state index contributed by atoms with van der Waals surface area (Å²) >= 11 is 0. The van der Waals surface area contributed by atoms with Gasteiger partial charge in [0.25, 0.3) is 11.8 Å². The van der Waals surface area contributed by atoms with Crippen LogP contribution in [0, 0.1) is 11.8 Å². The molecule has 2 aliphatic heterocycles. The van der Waals surface area contributed by atoms with E-state index in [9.17, 15) is 14.4 Å². The highest BCUT2D eigenvalue weighted by Gasteiger charge is 2.45. The second kappa shape index (κ2) is 8.21. The summed E-state index contributed by atoms with van der Waals surface area (Å²) in [6.45, 7) is 9.17. The van der Waals surface area contributed by atoms with E-state index in [2.05, 4.69) is 12.2 Å². The second-order valence-electron chi connectivity index (χ2n) is 7.79. The third-order valence-electron chi connectivity index (χ3n) is 5.60. The molecule has 6 heteroatoms. The Morgan fingerprint density at radius 1 is 1.11 bits per heavy atom. The van der Waals surface area contributed by atoms with Crippen molar-refractivity contribution in [1.82, 2.24) is 15.1 Å². The summed E-state index contributed by atoms with van der Waals surface area (Å²) in [4.78, 5) is 41.9. The fourth-order valence-corrected chi connectivity index (χ4v) is 4.05. The molecule has 0 spiro atoms. The fourth-order valence-electron chi connectivity index (χ4n) is 4.05. The number of benzene rings is 1. The number of carbonyl (C=O) groups is 3. The molecule has 27 heavy (non-hydrogen) atoms. The largest absolute Gasteiger partial charge is 0.341 e. The highest BCUT2D eigenvalue weighted by atomic mass is 16.2. The fraction of sp³-hybridized carbons (Fsp3) is 0.571. The van der Waals surface area contributed by atoms with Crippen molar-refractivity contribution < 1.29 is 14.4 Å². The van der Waals surface area contributed by atoms with E-state index in [4.69, 9.17) is 0 Å². The molecule has 146 valence electrons. The van der Waals surface area contributed by atoms with E-state index in [0.29, 0.717) is 30.1 Å². The monoisotopic (exact) mass is 371 g/mol. The number of fused-ring (bicyclic) bond motifs is 1. The van der Waals surface area contributed by atoms with Gasteiger partial charge in [0.2, 0.25) is 5.91 Å². The lowest BCUT2D eigenvalue weighted by Gasteiger charge is -2.37. The predicted octanol–water partition coefficient (Wildman–Crippen LogP) is 2.16. The van der Waals surface area contributed by atoms with Gasteiger partial charge in [-0.1, -0.05) is 32.9 Å². The van der Waals surface area contributed by atoms with E-state index in [0.717, 1.165) is 25.9 Å². The summed E-state index contributed by atoms with van der Waals surface area (Å²) in [5.74, 6) is -0.388. The third-order valence-corrected chi connectivity index (χ3v) is 5.60. The third kappa shape index (κ3) is 3.76. The lowest BCUT2D eigenvalue weighted by Crippen LogP contribution is -2.55. The first-order chi connectivity index (χ1) is 13.0. The lowest BCUT2D eigenvalue weighted by atomic mass is 9.94. The average molecular weight is 371 g/mol. The maximum absolute atomic E-state index is 13.3. The van der Waals surface area contributed by atoms with Crippen LogP contribution in [-0.2, 0) is 4.79 Å². The standard InChI is InChI=1S/C21H29N3O3/c1-4-22-13-15-9-11-23(12-10-15)21(27)18(14(2)3)24-19(25)16-7-5-6-8-17(16)20(24)26/h5-8,14-15,18,22H,4,9-13H2,1-3H3. The number of carbonyl (C=O) groups excluding carboxylic acids is 3. The molecule has 1 aromatic carbocycles. The van der Waals surface area contributed by atoms with Crippen LogP contribution in [-0.4, -0.2) is 59.7 Å². The van der Waals surface area contributed by atoms with Gasteiger partial charge in [-0.05, 0) is 49.9 Å². The molecule has 1 N–H and O–H groups in total. The van der Waals surface area contributed by atoms with Crippen molar-refractivity contribution in [2.75, 3.05) is 26.2 Å². The first kappa shape index (κ1) is 19.5. The first-order valence-electron chi connectivity index (χ1n) is 9.92. The van der Waals surface area contributed by atoms with Crippen molar-refractivity contribution in [3.63, 3.8) is 0 Å². The maximum atomic E-state index is 13.3. The number of likely N-dealkylation sites (tertiary alicyclic amines) is 1. The number of rotatable bonds is 6. The lowest BCUT2D eigenvalue weighted by molar-refractivity contribution is -0.138. The van der Waals surface area contributed by atoms with E-state index in [-0.39, 0.29) is 23.6 Å². The zero-order chi connectivity index (χ0) is 19.6. The summed E-state index contributed by atoms with van der Waals surface area (Å²) < 4.78 is 0. The van der Waals surface area contributed by atoms with Gasteiger partial charge in [-0.3, -0.25) is 19.3 Å². The molecule has 3 amide bonds. The van der Waals surface area contributed by atoms with Crippen molar-refractivity contribution in [2.45, 2.75) is 39.7 Å². The zero-order valence-corrected chi connectivity index (χ0v) is 16.4. The Morgan fingerprint density at radius 3 is 2.15 bits per heavy atom. The molecule has 0 saturated carbocycles. The minimum atomic E-state index is -0.747. The quantitative estimate of drug-likeness (QED) is 0.778. The van der Waals surface area contributed by atoms with Gasteiger partial charge in [0.15, 0.2) is 0 Å². The summed E-state index contributed by atoms with van der Waals surface area (Å²) in [7, 11) is 0. The Morgan fingerprint density at radius 2 is 1.67 bits per heavy atom. The molecule has 0 radical (unpaired) electrons. The Balaban J connectivity index is 1.74. The van der Waals surface area contributed by atoms with Gasteiger partial charge < -0.3 is 10.2 Å². The highest BCUT2D eigenvalue weighted by Crippen LogP contribution is 2.29. The Kier molecular flexibility index (Phi) is 5.95. The van der Waals surface area contributed by atoms with Crippen molar-refractivity contribution in [2.24, 2.45) is 11.8 Å². The number of imide groups is 1. The summed E-state index contributed by atoms with van der Waals surface area (Å²) in [6.07, 6.45) is 1.90. The molecule has 2 aliphatic rings. The normalized spacial score (nSPS) is 19.0. The number of nitrogens with zero attached hydrogens (tertiary/aromatic N) is 2. The van der Waals surface area contributed by atoms with Crippen LogP contribution in [0.4, 0.5) is 0 Å². The molecule has 1 saturated heterocycles. The van der Waals surface area contributed by atoms with Gasteiger partial charge in [0.1, 0.15) is 6.04 Å². The molecule has 2 heterocycles. The van der Waals surface area contributed by atoms with E-state index in [1.807, 2.05) is 18.7 Å². The van der Waals surface area contributed by atoms with E-state index in [1.54, 1.807) is 24.3 Å². The van der Waals surface area contributed by atoms with Crippen molar-refractivity contribution >= 4 is 17.7 Å². The molecule has 1 atom stereocenters. The minimum absolute atomic E-state index is 0.110. The van der Waals surface area contributed by atoms with Crippen LogP contribution in [0.25, 0.3) is 0 Å². The number of piperidine rings is 1. The zero-order valence-electron chi connectivity index (χ0n) is 16.4. The first-order valence-corrected chi connectivity index (χ1v) is 9.92. The van der Waals surface area contributed by atoms with Gasteiger partial charge in [-0.2, -0.15) is 0 Å². The number of amides is 3. The van der Waals surface area contributed by atoms with Crippen LogP contribution < -0.4 is 5.32 Å². The molecule has 0 aromatic heterocycles. The smallest absolute Gasteiger partial charge is 0.262 e. The molecule has 0 aliphatic carbocycles. The van der Waals surface area contributed by atoms with Crippen LogP contribution in [0.1, 0.15) is 54.3 Å². The molecule has 3 rings (SSSR count). The minimum Gasteiger partial charge on any atom is -0.341 e. The van der Waals surface area contributed by atoms with Crippen molar-refractivity contribution in [3.8, 4) is 0 Å². The van der Waals surface area contributed by atoms with Crippen LogP contribution >= 0.6 is 0 Å². The Labute approximate surface area is 160 Å². The summed E-state index contributed by atoms with van der Waals surface area (Å²) in [5.41, 5.74) is 0.788. The maximum Gasteiger partial charge on any atom is 0.262 e. The van der Waals surface area contributed by atoms with Gasteiger partial charge in [0, 0.05) is 13.1 Å². The van der Waals surface area contributed by atoms with Crippen LogP contribution in [0.5, 0.6) is 0 Å². The predicted molar refractivity (Wildman–Crippen MR) is 103 cm³/mol. The van der Waals surface area contributed by atoms with Gasteiger partial charge in [0.05, 0.1) is 11.1 Å².